The Hall–Kier alpha value is -3.02. The van der Waals surface area contributed by atoms with Gasteiger partial charge in [0, 0.05) is 18.9 Å². The smallest absolute Gasteiger partial charge is 0.270 e. The molecule has 0 aliphatic heterocycles. The zero-order valence-corrected chi connectivity index (χ0v) is 13.1. The number of nitrogens with zero attached hydrogens (tertiary/aromatic N) is 2. The zero-order valence-electron chi connectivity index (χ0n) is 13.1. The number of benzene rings is 1. The second-order valence-corrected chi connectivity index (χ2v) is 5.55. The van der Waals surface area contributed by atoms with Crippen molar-refractivity contribution < 1.29 is 9.18 Å². The Morgan fingerprint density at radius 3 is 2.92 bits per heavy atom. The average molecular weight is 325 g/mol. The topological polar surface area (TPSA) is 63.5 Å². The van der Waals surface area contributed by atoms with E-state index in [0.29, 0.717) is 18.6 Å². The molecular formula is C18H16FN3O2. The van der Waals surface area contributed by atoms with Crippen molar-refractivity contribution in [3.63, 3.8) is 0 Å². The first-order valence-corrected chi connectivity index (χ1v) is 7.55. The standard InChI is InChI=1S/C18H16FN3O2/c1-12-5-6-16-21-10-15(18(24)22(16)11-12)17(23)20-8-7-13-3-2-4-14(19)9-13/h2-6,9-11H,7-8H2,1H3,(H,20,23). The highest BCUT2D eigenvalue weighted by molar-refractivity contribution is 5.93. The van der Waals surface area contributed by atoms with Gasteiger partial charge < -0.3 is 5.32 Å². The van der Waals surface area contributed by atoms with Crippen LogP contribution < -0.4 is 10.9 Å². The molecule has 2 heterocycles. The lowest BCUT2D eigenvalue weighted by molar-refractivity contribution is 0.0952. The molecule has 122 valence electrons. The van der Waals surface area contributed by atoms with E-state index in [1.54, 1.807) is 24.4 Å². The van der Waals surface area contributed by atoms with Crippen LogP contribution in [-0.2, 0) is 6.42 Å². The van der Waals surface area contributed by atoms with Crippen molar-refractivity contribution in [1.29, 1.82) is 0 Å². The first kappa shape index (κ1) is 15.9. The van der Waals surface area contributed by atoms with Gasteiger partial charge in [0.15, 0.2) is 0 Å². The number of pyridine rings is 1. The summed E-state index contributed by atoms with van der Waals surface area (Å²) in [6.45, 7) is 2.16. The number of carbonyl (C=O) groups is 1. The molecule has 5 nitrogen and oxygen atoms in total. The lowest BCUT2D eigenvalue weighted by Gasteiger charge is -2.07. The molecule has 6 heteroatoms. The molecule has 1 N–H and O–H groups in total. The Labute approximate surface area is 137 Å². The van der Waals surface area contributed by atoms with Gasteiger partial charge >= 0.3 is 0 Å². The monoisotopic (exact) mass is 325 g/mol. The summed E-state index contributed by atoms with van der Waals surface area (Å²) in [6, 6.07) is 9.76. The van der Waals surface area contributed by atoms with E-state index in [0.717, 1.165) is 11.1 Å². The highest BCUT2D eigenvalue weighted by atomic mass is 19.1. The van der Waals surface area contributed by atoms with Crippen LogP contribution in [0.25, 0.3) is 5.65 Å². The fraction of sp³-hybridized carbons (Fsp3) is 0.167. The largest absolute Gasteiger partial charge is 0.351 e. The molecule has 3 aromatic rings. The van der Waals surface area contributed by atoms with E-state index in [4.69, 9.17) is 0 Å². The van der Waals surface area contributed by atoms with Crippen LogP contribution in [-0.4, -0.2) is 21.8 Å². The SMILES string of the molecule is Cc1ccc2ncc(C(=O)NCCc3cccc(F)c3)c(=O)n2c1. The van der Waals surface area contributed by atoms with E-state index < -0.39 is 11.5 Å². The third-order valence-corrected chi connectivity index (χ3v) is 3.68. The molecule has 3 rings (SSSR count). The molecule has 0 aliphatic rings. The predicted octanol–water partition coefficient (Wildman–Crippen LogP) is 2.11. The van der Waals surface area contributed by atoms with Gasteiger partial charge in [-0.2, -0.15) is 0 Å². The number of aryl methyl sites for hydroxylation is 1. The average Bonchev–Trinajstić information content (AvgIpc) is 2.55. The Kier molecular flexibility index (Phi) is 4.37. The second-order valence-electron chi connectivity index (χ2n) is 5.55. The van der Waals surface area contributed by atoms with E-state index in [1.807, 2.05) is 13.0 Å². The van der Waals surface area contributed by atoms with E-state index in [2.05, 4.69) is 10.3 Å². The molecule has 0 unspecified atom stereocenters. The van der Waals surface area contributed by atoms with Gasteiger partial charge in [0.25, 0.3) is 11.5 Å². The summed E-state index contributed by atoms with van der Waals surface area (Å²) in [5.74, 6) is -0.800. The Morgan fingerprint density at radius 1 is 1.29 bits per heavy atom. The molecule has 1 amide bonds. The van der Waals surface area contributed by atoms with Crippen molar-refractivity contribution in [3.05, 3.63) is 81.7 Å². The molecule has 0 spiro atoms. The summed E-state index contributed by atoms with van der Waals surface area (Å²) in [4.78, 5) is 28.8. The van der Waals surface area contributed by atoms with Crippen LogP contribution in [0.3, 0.4) is 0 Å². The van der Waals surface area contributed by atoms with Crippen molar-refractivity contribution in [2.24, 2.45) is 0 Å². The molecule has 0 fully saturated rings. The fourth-order valence-electron chi connectivity index (χ4n) is 2.45. The third-order valence-electron chi connectivity index (χ3n) is 3.68. The summed E-state index contributed by atoms with van der Waals surface area (Å²) in [5, 5.41) is 2.67. The van der Waals surface area contributed by atoms with E-state index in [-0.39, 0.29) is 11.4 Å². The Bertz CT molecular complexity index is 966. The molecular weight excluding hydrogens is 309 g/mol. The Balaban J connectivity index is 1.74. The number of hydrogen-bond donors (Lipinski definition) is 1. The van der Waals surface area contributed by atoms with Gasteiger partial charge in [0.1, 0.15) is 17.0 Å². The van der Waals surface area contributed by atoms with Crippen LogP contribution >= 0.6 is 0 Å². The highest BCUT2D eigenvalue weighted by Gasteiger charge is 2.12. The zero-order chi connectivity index (χ0) is 17.1. The number of rotatable bonds is 4. The van der Waals surface area contributed by atoms with E-state index in [1.165, 1.54) is 22.7 Å². The van der Waals surface area contributed by atoms with Gasteiger partial charge in [-0.25, -0.2) is 9.37 Å². The molecule has 2 aromatic heterocycles. The maximum Gasteiger partial charge on any atom is 0.270 e. The number of fused-ring (bicyclic) bond motifs is 1. The first-order valence-electron chi connectivity index (χ1n) is 7.55. The molecule has 0 saturated heterocycles. The van der Waals surface area contributed by atoms with Gasteiger partial charge in [-0.05, 0) is 42.7 Å². The van der Waals surface area contributed by atoms with E-state index in [9.17, 15) is 14.0 Å². The molecule has 0 bridgehead atoms. The summed E-state index contributed by atoms with van der Waals surface area (Å²) in [7, 11) is 0. The normalized spacial score (nSPS) is 10.8. The Morgan fingerprint density at radius 2 is 2.12 bits per heavy atom. The molecule has 0 aliphatic carbocycles. The van der Waals surface area contributed by atoms with Gasteiger partial charge in [-0.15, -0.1) is 0 Å². The minimum absolute atomic E-state index is 0.0163. The van der Waals surface area contributed by atoms with Crippen LogP contribution in [0.4, 0.5) is 4.39 Å². The van der Waals surface area contributed by atoms with Gasteiger partial charge in [-0.3, -0.25) is 14.0 Å². The predicted molar refractivity (Wildman–Crippen MR) is 88.6 cm³/mol. The van der Waals surface area contributed by atoms with Crippen molar-refractivity contribution in [1.82, 2.24) is 14.7 Å². The summed E-state index contributed by atoms with van der Waals surface area (Å²) in [5.41, 5.74) is 1.74. The molecule has 24 heavy (non-hydrogen) atoms. The van der Waals surface area contributed by atoms with Crippen LogP contribution in [0.5, 0.6) is 0 Å². The van der Waals surface area contributed by atoms with Crippen LogP contribution in [0, 0.1) is 12.7 Å². The number of nitrogens with one attached hydrogen (secondary N) is 1. The van der Waals surface area contributed by atoms with E-state index >= 15 is 0 Å². The number of aromatic nitrogens is 2. The second kappa shape index (κ2) is 6.62. The third kappa shape index (κ3) is 3.32. The summed E-state index contributed by atoms with van der Waals surface area (Å²) < 4.78 is 14.5. The van der Waals surface area contributed by atoms with Crippen LogP contribution in [0.2, 0.25) is 0 Å². The van der Waals surface area contributed by atoms with Crippen LogP contribution in [0.15, 0.2) is 53.6 Å². The summed E-state index contributed by atoms with van der Waals surface area (Å²) in [6.07, 6.45) is 3.41. The molecule has 0 saturated carbocycles. The van der Waals surface area contributed by atoms with Gasteiger partial charge in [-0.1, -0.05) is 18.2 Å². The number of halogens is 1. The summed E-state index contributed by atoms with van der Waals surface area (Å²) >= 11 is 0. The number of hydrogen-bond acceptors (Lipinski definition) is 3. The van der Waals surface area contributed by atoms with Gasteiger partial charge in [0.2, 0.25) is 0 Å². The maximum atomic E-state index is 13.1. The highest BCUT2D eigenvalue weighted by Crippen LogP contribution is 2.04. The lowest BCUT2D eigenvalue weighted by atomic mass is 10.1. The van der Waals surface area contributed by atoms with Crippen molar-refractivity contribution >= 4 is 11.6 Å². The van der Waals surface area contributed by atoms with Crippen molar-refractivity contribution in [2.75, 3.05) is 6.54 Å². The lowest BCUT2D eigenvalue weighted by Crippen LogP contribution is -2.32. The molecule has 0 radical (unpaired) electrons. The van der Waals surface area contributed by atoms with Crippen molar-refractivity contribution in [2.45, 2.75) is 13.3 Å². The van der Waals surface area contributed by atoms with Crippen LogP contribution in [0.1, 0.15) is 21.5 Å². The molecule has 1 aromatic carbocycles. The number of amides is 1. The minimum atomic E-state index is -0.486. The van der Waals surface area contributed by atoms with Gasteiger partial charge in [0.05, 0.1) is 0 Å². The fourth-order valence-corrected chi connectivity index (χ4v) is 2.45. The maximum absolute atomic E-state index is 13.1. The number of carbonyl (C=O) groups excluding carboxylic acids is 1. The first-order chi connectivity index (χ1) is 11.5. The quantitative estimate of drug-likeness (QED) is 0.799. The molecule has 0 atom stereocenters. The minimum Gasteiger partial charge on any atom is -0.351 e. The van der Waals surface area contributed by atoms with Crippen molar-refractivity contribution in [3.8, 4) is 0 Å².